The molecule has 0 spiro atoms. The molecule has 0 heterocycles. The van der Waals surface area contributed by atoms with Crippen molar-refractivity contribution in [3.05, 3.63) is 0 Å². The highest BCUT2D eigenvalue weighted by Gasteiger charge is 2.05. The van der Waals surface area contributed by atoms with Crippen molar-refractivity contribution in [1.82, 2.24) is 0 Å². The molecule has 0 rings (SSSR count). The van der Waals surface area contributed by atoms with E-state index < -0.39 is 5.97 Å². The fraction of sp³-hybridized carbons (Fsp3) is 0.571. The second kappa shape index (κ2) is 3.96. The summed E-state index contributed by atoms with van der Waals surface area (Å²) in [5.41, 5.74) is 0. The van der Waals surface area contributed by atoms with Crippen molar-refractivity contribution in [2.75, 3.05) is 0 Å². The largest absolute Gasteiger partial charge is 0.481 e. The van der Waals surface area contributed by atoms with E-state index in [0.29, 0.717) is 0 Å². The summed E-state index contributed by atoms with van der Waals surface area (Å²) in [6.07, 6.45) is 5.85. The summed E-state index contributed by atoms with van der Waals surface area (Å²) >= 11 is 0. The minimum absolute atomic E-state index is 0.0903. The number of carbonyl (C=O) groups is 1. The van der Waals surface area contributed by atoms with Crippen molar-refractivity contribution in [2.45, 2.75) is 19.8 Å². The number of carboxylic acids is 1. The van der Waals surface area contributed by atoms with E-state index in [4.69, 9.17) is 11.5 Å². The highest BCUT2D eigenvalue weighted by atomic mass is 16.4. The van der Waals surface area contributed by atoms with Crippen LogP contribution in [0.15, 0.2) is 0 Å². The zero-order valence-electron chi connectivity index (χ0n) is 5.42. The summed E-state index contributed by atoms with van der Waals surface area (Å²) in [6, 6.07) is 0. The van der Waals surface area contributed by atoms with Gasteiger partial charge in [-0.3, -0.25) is 4.79 Å². The smallest absolute Gasteiger partial charge is 0.304 e. The van der Waals surface area contributed by atoms with Gasteiger partial charge >= 0.3 is 5.97 Å². The van der Waals surface area contributed by atoms with Crippen LogP contribution in [0, 0.1) is 18.3 Å². The van der Waals surface area contributed by atoms with Crippen LogP contribution in [-0.2, 0) is 4.79 Å². The van der Waals surface area contributed by atoms with Crippen molar-refractivity contribution < 1.29 is 9.90 Å². The number of rotatable bonds is 3. The molecule has 1 unspecified atom stereocenters. The van der Waals surface area contributed by atoms with Crippen molar-refractivity contribution in [2.24, 2.45) is 5.92 Å². The number of terminal acetylenes is 1. The van der Waals surface area contributed by atoms with E-state index in [9.17, 15) is 4.79 Å². The van der Waals surface area contributed by atoms with Gasteiger partial charge < -0.3 is 5.11 Å². The minimum Gasteiger partial charge on any atom is -0.481 e. The highest BCUT2D eigenvalue weighted by molar-refractivity contribution is 5.67. The van der Waals surface area contributed by atoms with E-state index in [-0.39, 0.29) is 12.3 Å². The molecule has 9 heavy (non-hydrogen) atoms. The SMILES string of the molecule is C#CC(CC)CC(=O)O. The van der Waals surface area contributed by atoms with Gasteiger partial charge in [0.15, 0.2) is 0 Å². The predicted molar refractivity (Wildman–Crippen MR) is 34.9 cm³/mol. The van der Waals surface area contributed by atoms with Gasteiger partial charge in [0.25, 0.3) is 0 Å². The number of hydrogen-bond donors (Lipinski definition) is 1. The van der Waals surface area contributed by atoms with E-state index in [2.05, 4.69) is 5.92 Å². The molecule has 1 N–H and O–H groups in total. The van der Waals surface area contributed by atoms with Gasteiger partial charge in [-0.2, -0.15) is 0 Å². The minimum atomic E-state index is -0.820. The standard InChI is InChI=1S/C7H10O2/c1-3-6(4-2)5-7(8)9/h1,6H,4-5H2,2H3,(H,8,9). The van der Waals surface area contributed by atoms with Crippen LogP contribution in [0.25, 0.3) is 0 Å². The molecule has 2 heteroatoms. The molecule has 1 atom stereocenters. The average molecular weight is 126 g/mol. The molecule has 0 aliphatic carbocycles. The molecule has 0 amide bonds. The van der Waals surface area contributed by atoms with Crippen LogP contribution in [0.5, 0.6) is 0 Å². The third-order valence-corrected chi connectivity index (χ3v) is 1.15. The van der Waals surface area contributed by atoms with Gasteiger partial charge in [-0.05, 0) is 6.42 Å². The summed E-state index contributed by atoms with van der Waals surface area (Å²) in [4.78, 5) is 10.0. The Hall–Kier alpha value is -0.970. The van der Waals surface area contributed by atoms with Crippen molar-refractivity contribution in [3.63, 3.8) is 0 Å². The summed E-state index contributed by atoms with van der Waals surface area (Å²) in [7, 11) is 0. The van der Waals surface area contributed by atoms with Crippen molar-refractivity contribution >= 4 is 5.97 Å². The summed E-state index contributed by atoms with van der Waals surface area (Å²) in [6.45, 7) is 1.88. The third-order valence-electron chi connectivity index (χ3n) is 1.15. The Bertz CT molecular complexity index is 132. The second-order valence-corrected chi connectivity index (χ2v) is 1.87. The molecule has 0 saturated carbocycles. The maximum atomic E-state index is 10.0. The fourth-order valence-corrected chi connectivity index (χ4v) is 0.532. The molecule has 0 aromatic heterocycles. The quantitative estimate of drug-likeness (QED) is 0.575. The molecule has 50 valence electrons. The number of aliphatic carboxylic acids is 1. The normalized spacial score (nSPS) is 12.0. The summed E-state index contributed by atoms with van der Waals surface area (Å²) in [5.74, 6) is 1.49. The molecule has 0 saturated heterocycles. The first kappa shape index (κ1) is 8.03. The summed E-state index contributed by atoms with van der Waals surface area (Å²) in [5, 5.41) is 8.25. The Morgan fingerprint density at radius 2 is 2.44 bits per heavy atom. The first-order valence-corrected chi connectivity index (χ1v) is 2.88. The first-order valence-electron chi connectivity index (χ1n) is 2.88. The topological polar surface area (TPSA) is 37.3 Å². The molecular weight excluding hydrogens is 116 g/mol. The van der Waals surface area contributed by atoms with E-state index in [1.54, 1.807) is 0 Å². The lowest BCUT2D eigenvalue weighted by Crippen LogP contribution is -2.03. The van der Waals surface area contributed by atoms with Crippen molar-refractivity contribution in [1.29, 1.82) is 0 Å². The Labute approximate surface area is 54.9 Å². The number of carboxylic acid groups (broad SMARTS) is 1. The Kier molecular flexibility index (Phi) is 3.54. The van der Waals surface area contributed by atoms with Crippen molar-refractivity contribution in [3.8, 4) is 12.3 Å². The zero-order valence-corrected chi connectivity index (χ0v) is 5.42. The Balaban J connectivity index is 3.60. The first-order chi connectivity index (χ1) is 4.20. The van der Waals surface area contributed by atoms with E-state index >= 15 is 0 Å². The van der Waals surface area contributed by atoms with Gasteiger partial charge in [0, 0.05) is 5.92 Å². The maximum absolute atomic E-state index is 10.0. The molecule has 0 bridgehead atoms. The van der Waals surface area contributed by atoms with E-state index in [1.165, 1.54) is 0 Å². The van der Waals surface area contributed by atoms with Crippen LogP contribution < -0.4 is 0 Å². The lowest BCUT2D eigenvalue weighted by Gasteiger charge is -2.00. The van der Waals surface area contributed by atoms with Gasteiger partial charge in [0.2, 0.25) is 0 Å². The van der Waals surface area contributed by atoms with Crippen LogP contribution in [0.1, 0.15) is 19.8 Å². The average Bonchev–Trinajstić information content (AvgIpc) is 1.82. The van der Waals surface area contributed by atoms with Gasteiger partial charge in [0.05, 0.1) is 6.42 Å². The molecule has 0 aliphatic heterocycles. The summed E-state index contributed by atoms with van der Waals surface area (Å²) < 4.78 is 0. The maximum Gasteiger partial charge on any atom is 0.304 e. The third kappa shape index (κ3) is 3.60. The van der Waals surface area contributed by atoms with Gasteiger partial charge in [-0.25, -0.2) is 0 Å². The molecule has 2 nitrogen and oxygen atoms in total. The van der Waals surface area contributed by atoms with Crippen LogP contribution in [0.2, 0.25) is 0 Å². The van der Waals surface area contributed by atoms with E-state index in [1.807, 2.05) is 6.92 Å². The van der Waals surface area contributed by atoms with Gasteiger partial charge in [-0.1, -0.05) is 6.92 Å². The lowest BCUT2D eigenvalue weighted by molar-refractivity contribution is -0.137. The van der Waals surface area contributed by atoms with Crippen LogP contribution >= 0.6 is 0 Å². The fourth-order valence-electron chi connectivity index (χ4n) is 0.532. The molecule has 0 aromatic carbocycles. The van der Waals surface area contributed by atoms with Crippen LogP contribution in [0.4, 0.5) is 0 Å². The predicted octanol–water partition coefficient (Wildman–Crippen LogP) is 1.12. The molecule has 0 aromatic rings. The van der Waals surface area contributed by atoms with Crippen LogP contribution in [-0.4, -0.2) is 11.1 Å². The Morgan fingerprint density at radius 1 is 1.89 bits per heavy atom. The Morgan fingerprint density at radius 3 is 2.56 bits per heavy atom. The molecule has 0 fully saturated rings. The second-order valence-electron chi connectivity index (χ2n) is 1.87. The van der Waals surface area contributed by atoms with Gasteiger partial charge in [0.1, 0.15) is 0 Å². The van der Waals surface area contributed by atoms with E-state index in [0.717, 1.165) is 6.42 Å². The monoisotopic (exact) mass is 126 g/mol. The molecular formula is C7H10O2. The van der Waals surface area contributed by atoms with Crippen LogP contribution in [0.3, 0.4) is 0 Å². The highest BCUT2D eigenvalue weighted by Crippen LogP contribution is 2.04. The van der Waals surface area contributed by atoms with Gasteiger partial charge in [-0.15, -0.1) is 12.3 Å². The lowest BCUT2D eigenvalue weighted by atomic mass is 10.0. The molecule has 0 radical (unpaired) electrons. The molecule has 0 aliphatic rings. The number of hydrogen-bond acceptors (Lipinski definition) is 1. The zero-order chi connectivity index (χ0) is 7.28.